The number of methoxy groups -OCH3 is 2. The summed E-state index contributed by atoms with van der Waals surface area (Å²) >= 11 is 0. The highest BCUT2D eigenvalue weighted by atomic mass is 31.2. The number of nitrogens with one attached hydrogen (secondary N) is 2. The van der Waals surface area contributed by atoms with Crippen LogP contribution in [0.1, 0.15) is 285 Å². The van der Waals surface area contributed by atoms with Crippen molar-refractivity contribution in [3.63, 3.8) is 0 Å². The summed E-state index contributed by atoms with van der Waals surface area (Å²) in [5.41, 5.74) is 0. The number of hydrogen-bond donors (Lipinski definition) is 3. The smallest absolute Gasteiger partial charge is 0.430 e. The van der Waals surface area contributed by atoms with E-state index in [0.29, 0.717) is 25.7 Å². The summed E-state index contributed by atoms with van der Waals surface area (Å²) in [6.45, 7) is 18.9. The van der Waals surface area contributed by atoms with Crippen molar-refractivity contribution in [3.05, 3.63) is 50.1 Å². The van der Waals surface area contributed by atoms with E-state index in [0.717, 1.165) is 141 Å². The molecule has 2 aliphatic heterocycles. The molecule has 20 nitrogen and oxygen atoms in total. The zero-order valence-corrected chi connectivity index (χ0v) is 62.3. The predicted molar refractivity (Wildman–Crippen MR) is 384 cm³/mol. The van der Waals surface area contributed by atoms with Crippen molar-refractivity contribution in [1.82, 2.24) is 10.6 Å². The van der Waals surface area contributed by atoms with Gasteiger partial charge < -0.3 is 58.4 Å². The first kappa shape index (κ1) is 89.7. The zero-order chi connectivity index (χ0) is 70.8. The van der Waals surface area contributed by atoms with Gasteiger partial charge in [0.25, 0.3) is 0 Å². The summed E-state index contributed by atoms with van der Waals surface area (Å²) in [4.78, 5) is 55.4. The van der Waals surface area contributed by atoms with E-state index in [9.17, 15) is 28.8 Å². The van der Waals surface area contributed by atoms with E-state index in [-0.39, 0.29) is 70.3 Å². The Labute approximate surface area is 587 Å². The van der Waals surface area contributed by atoms with Gasteiger partial charge in [-0.3, -0.25) is 28.0 Å². The molecule has 3 N–H and O–H groups in total. The number of amides is 2. The second kappa shape index (κ2) is 60.2. The molecule has 0 aromatic rings. The third-order valence-corrected chi connectivity index (χ3v) is 19.3. The molecule has 6 unspecified atom stereocenters. The van der Waals surface area contributed by atoms with Crippen LogP contribution in [0.2, 0.25) is 0 Å². The lowest BCUT2D eigenvalue weighted by Crippen LogP contribution is -2.68. The van der Waals surface area contributed by atoms with Crippen molar-refractivity contribution in [2.75, 3.05) is 60.5 Å². The Morgan fingerprint density at radius 2 is 0.979 bits per heavy atom. The Hall–Kier alpha value is -3.37. The number of aliphatic hydroxyl groups excluding tert-OH is 1. The molecule has 0 saturated carbocycles. The van der Waals surface area contributed by atoms with Crippen LogP contribution in [0.3, 0.4) is 0 Å². The Kier molecular flexibility index (Phi) is 55.7. The first-order valence-electron chi connectivity index (χ1n) is 38.1. The number of ether oxygens (including phenoxy) is 9. The second-order valence-corrected chi connectivity index (χ2v) is 27.9. The monoisotopic (exact) mass is 1400 g/mol. The Morgan fingerprint density at radius 1 is 0.505 bits per heavy atom. The topological polar surface area (TPSA) is 240 Å². The normalized spacial score (nSPS) is 21.5. The molecule has 2 heterocycles. The minimum Gasteiger partial charge on any atom is -0.430 e. The average molecular weight is 1400 g/mol. The number of rotatable bonds is 66. The fraction of sp³-hybridized carbons (Fsp3) is 0.842. The molecule has 2 saturated heterocycles. The molecule has 0 aliphatic carbocycles. The van der Waals surface area contributed by atoms with Gasteiger partial charge in [0.05, 0.1) is 39.0 Å². The lowest BCUT2D eigenvalue weighted by atomic mass is 9.95. The van der Waals surface area contributed by atoms with E-state index >= 15 is 0 Å². The molecule has 0 spiro atoms. The van der Waals surface area contributed by atoms with Crippen LogP contribution in [0.4, 0.5) is 4.79 Å². The molecule has 0 aromatic heterocycles. The number of phosphoric ester groups is 1. The summed E-state index contributed by atoms with van der Waals surface area (Å²) in [6, 6.07) is -2.54. The van der Waals surface area contributed by atoms with Crippen molar-refractivity contribution >= 4 is 31.6 Å². The van der Waals surface area contributed by atoms with Crippen LogP contribution >= 0.6 is 7.82 Å². The molecule has 2 aliphatic rings. The first-order chi connectivity index (χ1) is 47.3. The van der Waals surface area contributed by atoms with E-state index in [1.165, 1.54) is 96.0 Å². The number of carbonyl (C=O) groups is 4. The first-order valence-corrected chi connectivity index (χ1v) is 39.6. The number of Topliss-reactive ketones (excluding diaryl/α,β-unsaturated/α-hetero) is 1. The lowest BCUT2D eigenvalue weighted by Gasteiger charge is -2.47. The van der Waals surface area contributed by atoms with Gasteiger partial charge >= 0.3 is 14.0 Å². The highest BCUT2D eigenvalue weighted by Crippen LogP contribution is 2.52. The number of ketones is 1. The van der Waals surface area contributed by atoms with Gasteiger partial charge in [0.2, 0.25) is 11.8 Å². The van der Waals surface area contributed by atoms with E-state index < -0.39 is 94.2 Å². The number of allylic oxidation sites excluding steroid dienone is 2. The average Bonchev–Trinajstić information content (AvgIpc) is 0.788. The Balaban J connectivity index is 2.65. The molecule has 2 amide bonds. The summed E-state index contributed by atoms with van der Waals surface area (Å²) in [6.07, 6.45) is 35.3. The lowest BCUT2D eigenvalue weighted by molar-refractivity contribution is -0.303. The van der Waals surface area contributed by atoms with Crippen molar-refractivity contribution in [2.24, 2.45) is 0 Å². The van der Waals surface area contributed by atoms with E-state index in [1.807, 2.05) is 0 Å². The van der Waals surface area contributed by atoms with Crippen molar-refractivity contribution in [1.29, 1.82) is 0 Å². The van der Waals surface area contributed by atoms with Gasteiger partial charge in [0, 0.05) is 40.3 Å². The molecule has 11 atom stereocenters. The van der Waals surface area contributed by atoms with Crippen LogP contribution in [-0.4, -0.2) is 157 Å². The van der Waals surface area contributed by atoms with Gasteiger partial charge in [-0.05, 0) is 57.8 Å². The standard InChI is InChI=1S/C76H137N2O18P/c1-10-17-21-25-28-31-32-33-34-35-36-38-40-44-48-52-66(80)77-69-73(88-58-53-63(86-9)51-47-42-24-20-13-4)71(96-97(84,91-55-15-6)92-56-16-7)64(60-85-8)94-75(69)90-61-65-70(95-76(83)89-54-14-5)72(87-57-49-45-41-30-27-23-19-12-3)68(74(82)93-65)78-67(81)59-62(79)50-46-43-39-37-29-26-22-18-11-2/h14-16,31-32,63-65,68-75,82H,5-7,10-13,17-30,33-61H2,1-4,8-9H3,(H,77,80)(H,78,81)/b32-31-/t63?,64?,65?,68-,69-,70-,71-,72?,73?,74-,75?/m1/s1. The molecular formula is C76H137N2O18P. The predicted octanol–water partition coefficient (Wildman–Crippen LogP) is 17.3. The van der Waals surface area contributed by atoms with Crippen LogP contribution in [0, 0.1) is 0 Å². The maximum Gasteiger partial charge on any atom is 0.509 e. The van der Waals surface area contributed by atoms with Crippen LogP contribution in [-0.2, 0) is 75.2 Å². The van der Waals surface area contributed by atoms with E-state index in [1.54, 1.807) is 7.11 Å². The number of aliphatic hydroxyl groups is 1. The maximum absolute atomic E-state index is 14.7. The Morgan fingerprint density at radius 3 is 1.53 bits per heavy atom. The molecule has 0 bridgehead atoms. The van der Waals surface area contributed by atoms with Crippen LogP contribution in [0.5, 0.6) is 0 Å². The molecule has 21 heteroatoms. The third-order valence-electron chi connectivity index (χ3n) is 17.8. The van der Waals surface area contributed by atoms with Crippen LogP contribution < -0.4 is 10.6 Å². The molecule has 97 heavy (non-hydrogen) atoms. The molecule has 0 radical (unpaired) electrons. The summed E-state index contributed by atoms with van der Waals surface area (Å²) < 4.78 is 89.1. The van der Waals surface area contributed by atoms with Gasteiger partial charge in [-0.1, -0.05) is 244 Å². The van der Waals surface area contributed by atoms with Crippen molar-refractivity contribution < 1.29 is 85.1 Å². The molecule has 0 aromatic carbocycles. The van der Waals surface area contributed by atoms with Gasteiger partial charge in [0.15, 0.2) is 18.7 Å². The SMILES string of the molecule is C=CCOC(=O)O[C@@H]1C(COC2OC(COC)[C@@H](OP(=O)(OCC=C)OCC=C)C(OCCC(CCCCCCC)OC)[C@H]2NC(=O)CCCCCCCCC/C=C\CCCCCC)O[C@@H](O)[C@H](NC(=O)CC(=O)CCCCCCCCCCC)C1OCCCCCCCCCC. The zero-order valence-electron chi connectivity index (χ0n) is 61.4. The van der Waals surface area contributed by atoms with Crippen LogP contribution in [0.25, 0.3) is 0 Å². The molecule has 2 rings (SSSR count). The largest absolute Gasteiger partial charge is 0.509 e. The Bertz CT molecular complexity index is 2070. The quantitative estimate of drug-likeness (QED) is 0.0169. The summed E-state index contributed by atoms with van der Waals surface area (Å²) in [7, 11) is -1.36. The fourth-order valence-corrected chi connectivity index (χ4v) is 13.6. The summed E-state index contributed by atoms with van der Waals surface area (Å²) in [5, 5.41) is 18.0. The maximum atomic E-state index is 14.7. The minimum absolute atomic E-state index is 0.0912. The molecular weight excluding hydrogens is 1260 g/mol. The second-order valence-electron chi connectivity index (χ2n) is 26.3. The van der Waals surface area contributed by atoms with Gasteiger partial charge in [-0.2, -0.15) is 0 Å². The fourth-order valence-electron chi connectivity index (χ4n) is 12.3. The molecule has 2 fully saturated rings. The van der Waals surface area contributed by atoms with Gasteiger partial charge in [0.1, 0.15) is 55.0 Å². The highest BCUT2D eigenvalue weighted by Gasteiger charge is 2.54. The molecule has 564 valence electrons. The number of phosphoric acid groups is 1. The summed E-state index contributed by atoms with van der Waals surface area (Å²) in [5.74, 6) is -1.24. The number of unbranched alkanes of at least 4 members (excludes halogenated alkanes) is 30. The van der Waals surface area contributed by atoms with Crippen molar-refractivity contribution in [2.45, 2.75) is 352 Å². The highest BCUT2D eigenvalue weighted by molar-refractivity contribution is 7.48. The van der Waals surface area contributed by atoms with Crippen LogP contribution in [0.15, 0.2) is 50.1 Å². The third kappa shape index (κ3) is 42.6. The van der Waals surface area contributed by atoms with Gasteiger partial charge in [-0.15, -0.1) is 13.2 Å². The minimum atomic E-state index is -4.48. The number of carbonyl (C=O) groups excluding carboxylic acids is 4. The van der Waals surface area contributed by atoms with E-state index in [2.05, 4.69) is 70.2 Å². The van der Waals surface area contributed by atoms with E-state index in [4.69, 9.17) is 56.2 Å². The number of hydrogen-bond acceptors (Lipinski definition) is 18. The van der Waals surface area contributed by atoms with Gasteiger partial charge in [-0.25, -0.2) is 9.36 Å². The van der Waals surface area contributed by atoms with Crippen molar-refractivity contribution in [3.8, 4) is 0 Å².